The lowest BCUT2D eigenvalue weighted by atomic mass is 9.63. The van der Waals surface area contributed by atoms with Gasteiger partial charge in [0.1, 0.15) is 0 Å². The Morgan fingerprint density at radius 2 is 1.04 bits per heavy atom. The third kappa shape index (κ3) is 3.98. The molecule has 0 fully saturated rings. The molecule has 6 aromatic carbocycles. The largest absolute Gasteiger partial charge is 0.354 e. The average molecular weight is 600 g/mol. The van der Waals surface area contributed by atoms with Gasteiger partial charge in [0.2, 0.25) is 0 Å². The second-order valence-corrected chi connectivity index (χ2v) is 14.1. The summed E-state index contributed by atoms with van der Waals surface area (Å²) in [4.78, 5) is 0. The highest BCUT2D eigenvalue weighted by molar-refractivity contribution is 7.26. The Labute approximate surface area is 270 Å². The number of hydrogen-bond acceptors (Lipinski definition) is 2. The van der Waals surface area contributed by atoms with E-state index in [2.05, 4.69) is 156 Å². The standard InChI is InChI=1S/C43H37NS/c1-25-21-27(3)41(28(4)22-25)43(42-29(5)23-26(2)24-30(42)6)33-15-9-7-13-31(33)39-34(43)16-11-17-35(39)44-36-18-12-20-38-40(36)32-14-8-10-19-37(32)45-38/h7-24,44H,1-6H3. The predicted molar refractivity (Wildman–Crippen MR) is 195 cm³/mol. The maximum absolute atomic E-state index is 3.99. The van der Waals surface area contributed by atoms with E-state index in [0.717, 1.165) is 11.4 Å². The zero-order valence-electron chi connectivity index (χ0n) is 26.8. The lowest BCUT2D eigenvalue weighted by Gasteiger charge is -2.39. The highest BCUT2D eigenvalue weighted by Crippen LogP contribution is 2.60. The van der Waals surface area contributed by atoms with Crippen LogP contribution in [0.1, 0.15) is 55.6 Å². The predicted octanol–water partition coefficient (Wildman–Crippen LogP) is 12.0. The van der Waals surface area contributed by atoms with Gasteiger partial charge in [0.25, 0.3) is 0 Å². The number of hydrogen-bond donors (Lipinski definition) is 1. The molecule has 0 saturated carbocycles. The summed E-state index contributed by atoms with van der Waals surface area (Å²) < 4.78 is 2.63. The SMILES string of the molecule is Cc1cc(C)c(C2(c3c(C)cc(C)cc3C)c3ccccc3-c3c(Nc4cccc5sc6ccccc6c45)cccc32)c(C)c1. The molecule has 0 amide bonds. The molecule has 2 heteroatoms. The maximum Gasteiger partial charge on any atom is 0.0724 e. The van der Waals surface area contributed by atoms with Crippen molar-refractivity contribution >= 4 is 42.9 Å². The Morgan fingerprint density at radius 3 is 1.73 bits per heavy atom. The van der Waals surface area contributed by atoms with Crippen molar-refractivity contribution in [3.05, 3.63) is 165 Å². The third-order valence-corrected chi connectivity index (χ3v) is 11.0. The van der Waals surface area contributed by atoms with Crippen molar-refractivity contribution < 1.29 is 0 Å². The molecule has 8 rings (SSSR count). The van der Waals surface area contributed by atoms with Crippen LogP contribution in [0.5, 0.6) is 0 Å². The number of anilines is 2. The van der Waals surface area contributed by atoms with Gasteiger partial charge in [-0.15, -0.1) is 11.3 Å². The van der Waals surface area contributed by atoms with Crippen molar-refractivity contribution in [2.75, 3.05) is 5.32 Å². The molecule has 220 valence electrons. The zero-order valence-corrected chi connectivity index (χ0v) is 27.6. The zero-order chi connectivity index (χ0) is 31.0. The van der Waals surface area contributed by atoms with E-state index in [1.54, 1.807) is 0 Å². The topological polar surface area (TPSA) is 12.0 Å². The molecular weight excluding hydrogens is 563 g/mol. The van der Waals surface area contributed by atoms with Gasteiger partial charge in [-0.2, -0.15) is 0 Å². The fraction of sp³-hybridized carbons (Fsp3) is 0.163. The van der Waals surface area contributed by atoms with Gasteiger partial charge >= 0.3 is 0 Å². The number of aryl methyl sites for hydroxylation is 6. The van der Waals surface area contributed by atoms with E-state index >= 15 is 0 Å². The first-order valence-electron chi connectivity index (χ1n) is 15.9. The first kappa shape index (κ1) is 27.9. The van der Waals surface area contributed by atoms with Crippen LogP contribution < -0.4 is 5.32 Å². The van der Waals surface area contributed by atoms with Crippen LogP contribution in [0.3, 0.4) is 0 Å². The lowest BCUT2D eigenvalue weighted by Crippen LogP contribution is -2.32. The van der Waals surface area contributed by atoms with E-state index in [4.69, 9.17) is 0 Å². The van der Waals surface area contributed by atoms with Crippen LogP contribution in [-0.4, -0.2) is 0 Å². The number of nitrogens with one attached hydrogen (secondary N) is 1. The molecule has 7 aromatic rings. The molecule has 1 heterocycles. The molecule has 1 aromatic heterocycles. The summed E-state index contributed by atoms with van der Waals surface area (Å²) in [5, 5.41) is 6.59. The smallest absolute Gasteiger partial charge is 0.0724 e. The Bertz CT molecular complexity index is 2210. The second-order valence-electron chi connectivity index (χ2n) is 13.0. The first-order valence-corrected chi connectivity index (χ1v) is 16.7. The Hall–Kier alpha value is -4.66. The van der Waals surface area contributed by atoms with Gasteiger partial charge in [-0.25, -0.2) is 0 Å². The molecule has 45 heavy (non-hydrogen) atoms. The monoisotopic (exact) mass is 599 g/mol. The van der Waals surface area contributed by atoms with Crippen molar-refractivity contribution in [3.63, 3.8) is 0 Å². The summed E-state index contributed by atoms with van der Waals surface area (Å²) in [5.41, 5.74) is 17.9. The van der Waals surface area contributed by atoms with Gasteiger partial charge in [-0.1, -0.05) is 96.1 Å². The Kier molecular flexibility index (Phi) is 6.31. The van der Waals surface area contributed by atoms with Crippen molar-refractivity contribution in [2.45, 2.75) is 47.0 Å². The fourth-order valence-electron chi connectivity index (χ4n) is 8.66. The highest BCUT2D eigenvalue weighted by Gasteiger charge is 2.49. The average Bonchev–Trinajstić information content (AvgIpc) is 3.52. The molecule has 0 bridgehead atoms. The molecule has 0 unspecified atom stereocenters. The molecule has 0 saturated heterocycles. The number of thiophene rings is 1. The van der Waals surface area contributed by atoms with E-state index < -0.39 is 5.41 Å². The minimum absolute atomic E-state index is 0.450. The Morgan fingerprint density at radius 1 is 0.511 bits per heavy atom. The molecule has 1 aliphatic rings. The van der Waals surface area contributed by atoms with Gasteiger partial charge in [-0.05, 0) is 116 Å². The number of benzene rings is 6. The van der Waals surface area contributed by atoms with Gasteiger partial charge in [0, 0.05) is 37.1 Å². The van der Waals surface area contributed by atoms with Crippen LogP contribution >= 0.6 is 11.3 Å². The van der Waals surface area contributed by atoms with Crippen LogP contribution in [0.15, 0.2) is 109 Å². The highest BCUT2D eigenvalue weighted by atomic mass is 32.1. The van der Waals surface area contributed by atoms with Crippen molar-refractivity contribution in [1.82, 2.24) is 0 Å². The van der Waals surface area contributed by atoms with E-state index in [0.29, 0.717) is 0 Å². The molecule has 0 spiro atoms. The molecule has 1 aliphatic carbocycles. The lowest BCUT2D eigenvalue weighted by molar-refractivity contribution is 0.739. The number of rotatable bonds is 4. The van der Waals surface area contributed by atoms with E-state index in [-0.39, 0.29) is 0 Å². The molecular formula is C43H37NS. The molecule has 0 radical (unpaired) electrons. The van der Waals surface area contributed by atoms with Crippen molar-refractivity contribution in [3.8, 4) is 11.1 Å². The van der Waals surface area contributed by atoms with E-state index in [1.807, 2.05) is 11.3 Å². The van der Waals surface area contributed by atoms with Crippen LogP contribution in [0, 0.1) is 41.5 Å². The summed E-state index contributed by atoms with van der Waals surface area (Å²) in [7, 11) is 0. The van der Waals surface area contributed by atoms with Crippen LogP contribution in [0.4, 0.5) is 11.4 Å². The van der Waals surface area contributed by atoms with Crippen LogP contribution in [0.25, 0.3) is 31.3 Å². The van der Waals surface area contributed by atoms with Crippen LogP contribution in [-0.2, 0) is 5.41 Å². The van der Waals surface area contributed by atoms with Crippen molar-refractivity contribution in [1.29, 1.82) is 0 Å². The van der Waals surface area contributed by atoms with Gasteiger partial charge in [0.15, 0.2) is 0 Å². The van der Waals surface area contributed by atoms with Crippen LogP contribution in [0.2, 0.25) is 0 Å². The number of fused-ring (bicyclic) bond motifs is 6. The van der Waals surface area contributed by atoms with Gasteiger partial charge < -0.3 is 5.32 Å². The summed E-state index contributed by atoms with van der Waals surface area (Å²) in [6.07, 6.45) is 0. The normalized spacial score (nSPS) is 13.3. The third-order valence-electron chi connectivity index (χ3n) is 9.84. The summed E-state index contributed by atoms with van der Waals surface area (Å²) in [6, 6.07) is 40.9. The van der Waals surface area contributed by atoms with Crippen molar-refractivity contribution in [2.24, 2.45) is 0 Å². The summed E-state index contributed by atoms with van der Waals surface area (Å²) in [5.74, 6) is 0. The first-order chi connectivity index (χ1) is 21.8. The molecule has 1 N–H and O–H groups in total. The second kappa shape index (κ2) is 10.2. The van der Waals surface area contributed by atoms with Gasteiger partial charge in [0.05, 0.1) is 5.41 Å². The molecule has 0 aliphatic heterocycles. The molecule has 0 atom stereocenters. The van der Waals surface area contributed by atoms with Gasteiger partial charge in [-0.3, -0.25) is 0 Å². The summed E-state index contributed by atoms with van der Waals surface area (Å²) in [6.45, 7) is 13.7. The quantitative estimate of drug-likeness (QED) is 0.212. The van der Waals surface area contributed by atoms with E-state index in [1.165, 1.54) is 86.9 Å². The maximum atomic E-state index is 3.99. The minimum Gasteiger partial charge on any atom is -0.354 e. The Balaban J connectivity index is 1.48. The van der Waals surface area contributed by atoms with E-state index in [9.17, 15) is 0 Å². The fourth-order valence-corrected chi connectivity index (χ4v) is 9.80. The minimum atomic E-state index is -0.450. The summed E-state index contributed by atoms with van der Waals surface area (Å²) >= 11 is 1.86. The molecule has 1 nitrogen and oxygen atoms in total.